The van der Waals surface area contributed by atoms with Crippen molar-refractivity contribution in [2.75, 3.05) is 0 Å². The predicted molar refractivity (Wildman–Crippen MR) is 63.8 cm³/mol. The van der Waals surface area contributed by atoms with Crippen LogP contribution in [-0.4, -0.2) is 26.0 Å². The Kier molecular flexibility index (Phi) is 3.19. The minimum absolute atomic E-state index is 0.104. The number of aromatic nitrogens is 3. The van der Waals surface area contributed by atoms with Crippen molar-refractivity contribution in [1.29, 1.82) is 0 Å². The number of carbonyl (C=O) groups is 1. The molecule has 0 aromatic carbocycles. The molecule has 0 fully saturated rings. The molecule has 0 saturated heterocycles. The first-order valence-electron chi connectivity index (χ1n) is 4.82. The number of fused-ring (bicyclic) bond motifs is 1. The van der Waals surface area contributed by atoms with Crippen LogP contribution in [0, 0.1) is 0 Å². The van der Waals surface area contributed by atoms with Gasteiger partial charge < -0.3 is 10.1 Å². The number of aryl methyl sites for hydroxylation is 1. The summed E-state index contributed by atoms with van der Waals surface area (Å²) >= 11 is 3.25. The van der Waals surface area contributed by atoms with E-state index >= 15 is 0 Å². The van der Waals surface area contributed by atoms with E-state index in [4.69, 9.17) is 5.11 Å². The van der Waals surface area contributed by atoms with E-state index in [2.05, 4.69) is 30.9 Å². The lowest BCUT2D eigenvalue weighted by Crippen LogP contribution is -2.16. The number of H-pyrrole nitrogens is 1. The summed E-state index contributed by atoms with van der Waals surface area (Å²) in [5.74, 6) is -0.960. The minimum atomic E-state index is -0.960. The highest BCUT2D eigenvalue weighted by Crippen LogP contribution is 2.12. The molecule has 0 aliphatic carbocycles. The van der Waals surface area contributed by atoms with Gasteiger partial charge in [0.2, 0.25) is 0 Å². The van der Waals surface area contributed by atoms with Gasteiger partial charge in [-0.3, -0.25) is 9.59 Å². The van der Waals surface area contributed by atoms with Gasteiger partial charge in [-0.15, -0.1) is 0 Å². The standard InChI is InChI=1S/C10H8BrN3O3/c11-5-3-7-9(12-4-5)14-10(17)6(13-7)1-2-8(15)16/h3-4H,1-2H2,(H,15,16)(H,12,14,17). The fraction of sp³-hybridized carbons (Fsp3) is 0.200. The molecule has 2 N–H and O–H groups in total. The van der Waals surface area contributed by atoms with E-state index in [1.807, 2.05) is 0 Å². The molecule has 6 nitrogen and oxygen atoms in total. The number of nitrogens with one attached hydrogen (secondary N) is 1. The molecule has 0 saturated carbocycles. The molecule has 0 amide bonds. The molecule has 0 radical (unpaired) electrons. The zero-order chi connectivity index (χ0) is 12.4. The van der Waals surface area contributed by atoms with E-state index in [9.17, 15) is 9.59 Å². The van der Waals surface area contributed by atoms with Gasteiger partial charge in [-0.2, -0.15) is 0 Å². The molecule has 7 heteroatoms. The Bertz CT molecular complexity index is 638. The Hall–Kier alpha value is -1.76. The van der Waals surface area contributed by atoms with Crippen molar-refractivity contribution in [3.05, 3.63) is 32.8 Å². The third-order valence-electron chi connectivity index (χ3n) is 2.16. The molecule has 88 valence electrons. The Morgan fingerprint density at radius 2 is 2.29 bits per heavy atom. The van der Waals surface area contributed by atoms with Crippen molar-refractivity contribution >= 4 is 33.1 Å². The van der Waals surface area contributed by atoms with Crippen LogP contribution in [0.15, 0.2) is 21.5 Å². The van der Waals surface area contributed by atoms with E-state index in [1.54, 1.807) is 12.3 Å². The van der Waals surface area contributed by atoms with Gasteiger partial charge in [0.15, 0.2) is 5.65 Å². The summed E-state index contributed by atoms with van der Waals surface area (Å²) in [6.07, 6.45) is 1.53. The number of carboxylic acids is 1. The van der Waals surface area contributed by atoms with Gasteiger partial charge in [-0.1, -0.05) is 0 Å². The Morgan fingerprint density at radius 1 is 1.53 bits per heavy atom. The third-order valence-corrected chi connectivity index (χ3v) is 2.59. The monoisotopic (exact) mass is 297 g/mol. The quantitative estimate of drug-likeness (QED) is 0.884. The molecule has 17 heavy (non-hydrogen) atoms. The first-order chi connectivity index (χ1) is 8.06. The highest BCUT2D eigenvalue weighted by molar-refractivity contribution is 9.10. The topological polar surface area (TPSA) is 95.9 Å². The second-order valence-electron chi connectivity index (χ2n) is 3.43. The summed E-state index contributed by atoms with van der Waals surface area (Å²) in [6.45, 7) is 0. The maximum atomic E-state index is 11.6. The summed E-state index contributed by atoms with van der Waals surface area (Å²) in [6, 6.07) is 1.71. The lowest BCUT2D eigenvalue weighted by molar-refractivity contribution is -0.136. The lowest BCUT2D eigenvalue weighted by atomic mass is 10.2. The van der Waals surface area contributed by atoms with Crippen molar-refractivity contribution in [3.63, 3.8) is 0 Å². The number of pyridine rings is 1. The molecule has 2 aromatic rings. The second-order valence-corrected chi connectivity index (χ2v) is 4.34. The number of carboxylic acid groups (broad SMARTS) is 1. The van der Waals surface area contributed by atoms with Crippen molar-refractivity contribution in [2.45, 2.75) is 12.8 Å². The minimum Gasteiger partial charge on any atom is -0.481 e. The van der Waals surface area contributed by atoms with Crippen molar-refractivity contribution in [3.8, 4) is 0 Å². The normalized spacial score (nSPS) is 10.6. The van der Waals surface area contributed by atoms with Crippen LogP contribution in [-0.2, 0) is 11.2 Å². The number of hydrogen-bond donors (Lipinski definition) is 2. The van der Waals surface area contributed by atoms with Crippen LogP contribution in [0.2, 0.25) is 0 Å². The fourth-order valence-corrected chi connectivity index (χ4v) is 1.70. The highest BCUT2D eigenvalue weighted by Gasteiger charge is 2.08. The van der Waals surface area contributed by atoms with Gasteiger partial charge in [0.05, 0.1) is 6.42 Å². The van der Waals surface area contributed by atoms with E-state index in [-0.39, 0.29) is 18.5 Å². The summed E-state index contributed by atoms with van der Waals surface area (Å²) < 4.78 is 0.744. The second kappa shape index (κ2) is 4.62. The van der Waals surface area contributed by atoms with Crippen molar-refractivity contribution < 1.29 is 9.90 Å². The fourth-order valence-electron chi connectivity index (χ4n) is 1.38. The average Bonchev–Trinajstić information content (AvgIpc) is 2.26. The van der Waals surface area contributed by atoms with Crippen molar-refractivity contribution in [1.82, 2.24) is 15.0 Å². The Morgan fingerprint density at radius 3 is 3.00 bits per heavy atom. The molecule has 0 aliphatic rings. The van der Waals surface area contributed by atoms with Gasteiger partial charge in [0.1, 0.15) is 11.2 Å². The number of rotatable bonds is 3. The van der Waals surface area contributed by atoms with Crippen molar-refractivity contribution in [2.24, 2.45) is 0 Å². The van der Waals surface area contributed by atoms with Gasteiger partial charge in [0, 0.05) is 17.1 Å². The van der Waals surface area contributed by atoms with Crippen LogP contribution in [0.3, 0.4) is 0 Å². The Labute approximate surface area is 104 Å². The molecular formula is C10H8BrN3O3. The van der Waals surface area contributed by atoms with Crippen LogP contribution in [0.25, 0.3) is 11.2 Å². The number of halogens is 1. The maximum Gasteiger partial charge on any atom is 0.303 e. The molecule has 2 aromatic heterocycles. The lowest BCUT2D eigenvalue weighted by Gasteiger charge is -2.00. The molecule has 0 unspecified atom stereocenters. The van der Waals surface area contributed by atoms with Gasteiger partial charge in [0.25, 0.3) is 5.56 Å². The molecule has 0 aliphatic heterocycles. The SMILES string of the molecule is O=C(O)CCc1nc2cc(Br)cnc2[nH]c1=O. The zero-order valence-electron chi connectivity index (χ0n) is 8.61. The summed E-state index contributed by atoms with van der Waals surface area (Å²) in [7, 11) is 0. The number of aromatic amines is 1. The van der Waals surface area contributed by atoms with Crippen LogP contribution in [0.1, 0.15) is 12.1 Å². The first-order valence-corrected chi connectivity index (χ1v) is 5.62. The number of aliphatic carboxylic acids is 1. The van der Waals surface area contributed by atoms with Crippen LogP contribution in [0.5, 0.6) is 0 Å². The summed E-state index contributed by atoms with van der Waals surface area (Å²) in [5.41, 5.74) is 0.727. The molecular weight excluding hydrogens is 290 g/mol. The average molecular weight is 298 g/mol. The molecule has 0 bridgehead atoms. The maximum absolute atomic E-state index is 11.6. The molecule has 2 rings (SSSR count). The first kappa shape index (κ1) is 11.7. The van der Waals surface area contributed by atoms with Crippen LogP contribution in [0.4, 0.5) is 0 Å². The zero-order valence-corrected chi connectivity index (χ0v) is 10.2. The van der Waals surface area contributed by atoms with E-state index in [0.717, 1.165) is 4.47 Å². The van der Waals surface area contributed by atoms with Gasteiger partial charge in [-0.05, 0) is 22.0 Å². The summed E-state index contributed by atoms with van der Waals surface area (Å²) in [5, 5.41) is 8.56. The number of hydrogen-bond acceptors (Lipinski definition) is 4. The molecule has 0 atom stereocenters. The van der Waals surface area contributed by atoms with Gasteiger partial charge in [-0.25, -0.2) is 9.97 Å². The van der Waals surface area contributed by atoms with Gasteiger partial charge >= 0.3 is 5.97 Å². The van der Waals surface area contributed by atoms with Crippen LogP contribution < -0.4 is 5.56 Å². The van der Waals surface area contributed by atoms with E-state index in [0.29, 0.717) is 11.2 Å². The third kappa shape index (κ3) is 2.68. The highest BCUT2D eigenvalue weighted by atomic mass is 79.9. The summed E-state index contributed by atoms with van der Waals surface area (Å²) in [4.78, 5) is 32.7. The van der Waals surface area contributed by atoms with E-state index < -0.39 is 11.5 Å². The van der Waals surface area contributed by atoms with E-state index in [1.165, 1.54) is 0 Å². The Balaban J connectivity index is 2.46. The predicted octanol–water partition coefficient (Wildman–Crippen LogP) is 1.10. The smallest absolute Gasteiger partial charge is 0.303 e. The molecule has 2 heterocycles. The number of nitrogens with zero attached hydrogens (tertiary/aromatic N) is 2. The molecule has 0 spiro atoms. The van der Waals surface area contributed by atoms with Crippen LogP contribution >= 0.6 is 15.9 Å². The largest absolute Gasteiger partial charge is 0.481 e.